The van der Waals surface area contributed by atoms with Crippen LogP contribution in [-0.4, -0.2) is 14.9 Å². The van der Waals surface area contributed by atoms with Crippen molar-refractivity contribution in [3.8, 4) is 0 Å². The lowest BCUT2D eigenvalue weighted by Crippen LogP contribution is -2.06. The summed E-state index contributed by atoms with van der Waals surface area (Å²) in [7, 11) is 0. The highest BCUT2D eigenvalue weighted by molar-refractivity contribution is 14.1. The molecule has 0 aromatic carbocycles. The molecule has 2 aromatic rings. The molecular weight excluding hydrogens is 359 g/mol. The SMILES string of the molecule is CCC(C)n1ccc(CC(O)c2csc(I)c2)n1. The third kappa shape index (κ3) is 3.33. The molecule has 98 valence electrons. The fourth-order valence-electron chi connectivity index (χ4n) is 1.73. The van der Waals surface area contributed by atoms with Gasteiger partial charge in [-0.25, -0.2) is 0 Å². The van der Waals surface area contributed by atoms with Gasteiger partial charge in [0.15, 0.2) is 0 Å². The molecule has 2 aromatic heterocycles. The molecule has 0 aliphatic carbocycles. The third-order valence-corrected chi connectivity index (χ3v) is 4.89. The van der Waals surface area contributed by atoms with Crippen molar-refractivity contribution in [1.82, 2.24) is 9.78 Å². The summed E-state index contributed by atoms with van der Waals surface area (Å²) in [6, 6.07) is 4.44. The van der Waals surface area contributed by atoms with Crippen LogP contribution in [0, 0.1) is 2.88 Å². The van der Waals surface area contributed by atoms with Crippen molar-refractivity contribution in [2.75, 3.05) is 0 Å². The predicted molar refractivity (Wildman–Crippen MR) is 82.9 cm³/mol. The Morgan fingerprint density at radius 2 is 2.33 bits per heavy atom. The van der Waals surface area contributed by atoms with Crippen LogP contribution in [0.15, 0.2) is 23.7 Å². The molecule has 0 saturated heterocycles. The van der Waals surface area contributed by atoms with Gasteiger partial charge >= 0.3 is 0 Å². The second-order valence-electron chi connectivity index (χ2n) is 4.45. The Morgan fingerprint density at radius 1 is 1.56 bits per heavy atom. The molecule has 1 N–H and O–H groups in total. The van der Waals surface area contributed by atoms with Crippen LogP contribution in [0.4, 0.5) is 0 Å². The molecule has 0 spiro atoms. The first kappa shape index (κ1) is 14.0. The molecule has 2 unspecified atom stereocenters. The van der Waals surface area contributed by atoms with E-state index in [0.717, 1.165) is 17.7 Å². The monoisotopic (exact) mass is 376 g/mol. The van der Waals surface area contributed by atoms with Crippen molar-refractivity contribution in [2.45, 2.75) is 38.8 Å². The molecule has 2 heterocycles. The summed E-state index contributed by atoms with van der Waals surface area (Å²) in [5, 5.41) is 16.7. The fraction of sp³-hybridized carbons (Fsp3) is 0.462. The van der Waals surface area contributed by atoms with Gasteiger partial charge in [-0.3, -0.25) is 4.68 Å². The number of halogens is 1. The first-order valence-corrected chi connectivity index (χ1v) is 8.02. The average molecular weight is 376 g/mol. The lowest BCUT2D eigenvalue weighted by Gasteiger charge is -2.09. The quantitative estimate of drug-likeness (QED) is 0.807. The van der Waals surface area contributed by atoms with Crippen LogP contribution in [0.2, 0.25) is 0 Å². The van der Waals surface area contributed by atoms with Gasteiger partial charge in [-0.15, -0.1) is 11.3 Å². The van der Waals surface area contributed by atoms with Gasteiger partial charge in [-0.05, 0) is 59.0 Å². The van der Waals surface area contributed by atoms with E-state index in [0.29, 0.717) is 12.5 Å². The van der Waals surface area contributed by atoms with E-state index in [1.54, 1.807) is 11.3 Å². The van der Waals surface area contributed by atoms with Gasteiger partial charge in [-0.2, -0.15) is 5.10 Å². The van der Waals surface area contributed by atoms with E-state index < -0.39 is 6.10 Å². The van der Waals surface area contributed by atoms with Crippen LogP contribution in [0.3, 0.4) is 0 Å². The van der Waals surface area contributed by atoms with Crippen LogP contribution in [0.25, 0.3) is 0 Å². The smallest absolute Gasteiger partial charge is 0.0854 e. The summed E-state index contributed by atoms with van der Waals surface area (Å²) in [6.07, 6.45) is 3.18. The van der Waals surface area contributed by atoms with E-state index in [9.17, 15) is 5.11 Å². The molecule has 0 aliphatic heterocycles. The normalized spacial score (nSPS) is 14.7. The lowest BCUT2D eigenvalue weighted by atomic mass is 10.1. The van der Waals surface area contributed by atoms with E-state index >= 15 is 0 Å². The maximum atomic E-state index is 10.1. The van der Waals surface area contributed by atoms with E-state index in [1.807, 2.05) is 28.4 Å². The topological polar surface area (TPSA) is 38.0 Å². The Morgan fingerprint density at radius 3 is 2.94 bits per heavy atom. The minimum atomic E-state index is -0.454. The Kier molecular flexibility index (Phi) is 4.80. The van der Waals surface area contributed by atoms with Crippen LogP contribution in [0.5, 0.6) is 0 Å². The van der Waals surface area contributed by atoms with Gasteiger partial charge in [0.05, 0.1) is 14.7 Å². The number of aromatic nitrogens is 2. The van der Waals surface area contributed by atoms with Crippen molar-refractivity contribution < 1.29 is 5.11 Å². The number of rotatable bonds is 5. The minimum absolute atomic E-state index is 0.415. The summed E-state index contributed by atoms with van der Waals surface area (Å²) in [4.78, 5) is 0. The summed E-state index contributed by atoms with van der Waals surface area (Å²) >= 11 is 3.93. The number of hydrogen-bond acceptors (Lipinski definition) is 3. The van der Waals surface area contributed by atoms with Gasteiger partial charge in [0.25, 0.3) is 0 Å². The first-order chi connectivity index (χ1) is 8.60. The molecule has 0 amide bonds. The number of thiophene rings is 1. The molecular formula is C13H17IN2OS. The highest BCUT2D eigenvalue weighted by Gasteiger charge is 2.13. The molecule has 0 saturated carbocycles. The maximum absolute atomic E-state index is 10.1. The Labute approximate surface area is 125 Å². The van der Waals surface area contributed by atoms with Crippen molar-refractivity contribution in [1.29, 1.82) is 0 Å². The third-order valence-electron chi connectivity index (χ3n) is 3.08. The van der Waals surface area contributed by atoms with Crippen LogP contribution in [-0.2, 0) is 6.42 Å². The molecule has 2 atom stereocenters. The van der Waals surface area contributed by atoms with Gasteiger partial charge < -0.3 is 5.11 Å². The Balaban J connectivity index is 2.03. The predicted octanol–water partition coefficient (Wildman–Crippen LogP) is 3.80. The van der Waals surface area contributed by atoms with E-state index in [-0.39, 0.29) is 0 Å². The second-order valence-corrected chi connectivity index (χ2v) is 7.25. The molecule has 2 rings (SSSR count). The van der Waals surface area contributed by atoms with Crippen molar-refractivity contribution in [3.63, 3.8) is 0 Å². The highest BCUT2D eigenvalue weighted by atomic mass is 127. The van der Waals surface area contributed by atoms with Gasteiger partial charge in [-0.1, -0.05) is 6.92 Å². The van der Waals surface area contributed by atoms with Crippen LogP contribution >= 0.6 is 33.9 Å². The molecule has 5 heteroatoms. The largest absolute Gasteiger partial charge is 0.388 e. The molecule has 0 bridgehead atoms. The number of aliphatic hydroxyl groups excluding tert-OH is 1. The molecule has 0 fully saturated rings. The second kappa shape index (κ2) is 6.16. The van der Waals surface area contributed by atoms with Gasteiger partial charge in [0.1, 0.15) is 0 Å². The van der Waals surface area contributed by atoms with E-state index in [1.165, 1.54) is 2.88 Å². The summed E-state index contributed by atoms with van der Waals surface area (Å²) in [5.74, 6) is 0. The van der Waals surface area contributed by atoms with Crippen LogP contribution in [0.1, 0.15) is 43.7 Å². The molecule has 0 aliphatic rings. The van der Waals surface area contributed by atoms with Gasteiger partial charge in [0.2, 0.25) is 0 Å². The fourth-order valence-corrected chi connectivity index (χ4v) is 3.15. The van der Waals surface area contributed by atoms with Crippen molar-refractivity contribution >= 4 is 33.9 Å². The minimum Gasteiger partial charge on any atom is -0.388 e. The van der Waals surface area contributed by atoms with E-state index in [2.05, 4.69) is 41.5 Å². The first-order valence-electron chi connectivity index (χ1n) is 6.06. The maximum Gasteiger partial charge on any atom is 0.0854 e. The zero-order chi connectivity index (χ0) is 13.1. The van der Waals surface area contributed by atoms with Gasteiger partial charge in [0, 0.05) is 18.7 Å². The van der Waals surface area contributed by atoms with Crippen molar-refractivity contribution in [3.05, 3.63) is 37.9 Å². The zero-order valence-corrected chi connectivity index (χ0v) is 13.5. The lowest BCUT2D eigenvalue weighted by molar-refractivity contribution is 0.177. The molecule has 18 heavy (non-hydrogen) atoms. The van der Waals surface area contributed by atoms with E-state index in [4.69, 9.17) is 0 Å². The average Bonchev–Trinajstić information content (AvgIpc) is 2.97. The Hall–Kier alpha value is -0.400. The highest BCUT2D eigenvalue weighted by Crippen LogP contribution is 2.24. The molecule has 3 nitrogen and oxygen atoms in total. The molecule has 0 radical (unpaired) electrons. The number of hydrogen-bond donors (Lipinski definition) is 1. The Bertz CT molecular complexity index is 509. The number of aliphatic hydroxyl groups is 1. The van der Waals surface area contributed by atoms with Crippen molar-refractivity contribution in [2.24, 2.45) is 0 Å². The summed E-state index contributed by atoms with van der Waals surface area (Å²) in [6.45, 7) is 4.29. The number of nitrogens with zero attached hydrogens (tertiary/aromatic N) is 2. The zero-order valence-electron chi connectivity index (χ0n) is 10.5. The summed E-state index contributed by atoms with van der Waals surface area (Å²) in [5.41, 5.74) is 1.94. The van der Waals surface area contributed by atoms with Crippen LogP contribution < -0.4 is 0 Å². The summed E-state index contributed by atoms with van der Waals surface area (Å²) < 4.78 is 3.17. The standard InChI is InChI=1S/C13H17IN2OS/c1-3-9(2)16-5-4-11(15-16)7-12(17)10-6-13(14)18-8-10/h4-6,8-9,12,17H,3,7H2,1-2H3.